The number of hydrogen-bond acceptors (Lipinski definition) is 4. The average molecular weight is 402 g/mol. The molecule has 2 amide bonds. The van der Waals surface area contributed by atoms with Crippen molar-refractivity contribution >= 4 is 17.9 Å². The number of benzene rings is 2. The molecule has 6 nitrogen and oxygen atoms in total. The number of furan rings is 1. The molecular weight excluding hydrogens is 380 g/mol. The van der Waals surface area contributed by atoms with Crippen LogP contribution in [0.4, 0.5) is 0 Å². The molecule has 1 fully saturated rings. The fourth-order valence-corrected chi connectivity index (χ4v) is 3.27. The predicted octanol–water partition coefficient (Wildman–Crippen LogP) is 4.07. The minimum absolute atomic E-state index is 0.0746. The van der Waals surface area contributed by atoms with Crippen LogP contribution >= 0.6 is 0 Å². The van der Waals surface area contributed by atoms with Crippen LogP contribution in [0.2, 0.25) is 0 Å². The normalized spacial score (nSPS) is 14.1. The topological polar surface area (TPSA) is 63.0 Å². The SMILES string of the molecule is O=C(/C=C/c1cccc(Oc2ccccc2)c1)N1CCN(C(=O)c2ccco2)CC1. The first-order valence-corrected chi connectivity index (χ1v) is 9.82. The fourth-order valence-electron chi connectivity index (χ4n) is 3.27. The Labute approximate surface area is 175 Å². The van der Waals surface area contributed by atoms with Crippen LogP contribution in [-0.2, 0) is 4.79 Å². The van der Waals surface area contributed by atoms with Crippen molar-refractivity contribution in [1.29, 1.82) is 0 Å². The number of rotatable bonds is 5. The summed E-state index contributed by atoms with van der Waals surface area (Å²) in [6.45, 7) is 1.96. The van der Waals surface area contributed by atoms with Crippen LogP contribution in [0.3, 0.4) is 0 Å². The molecule has 0 spiro atoms. The summed E-state index contributed by atoms with van der Waals surface area (Å²) in [5, 5.41) is 0. The Morgan fingerprint density at radius 1 is 0.833 bits per heavy atom. The van der Waals surface area contributed by atoms with Gasteiger partial charge in [0.1, 0.15) is 11.5 Å². The van der Waals surface area contributed by atoms with Crippen LogP contribution < -0.4 is 4.74 Å². The number of carbonyl (C=O) groups excluding carboxylic acids is 2. The van der Waals surface area contributed by atoms with Gasteiger partial charge in [-0.15, -0.1) is 0 Å². The molecule has 1 aromatic heterocycles. The second-order valence-corrected chi connectivity index (χ2v) is 6.92. The van der Waals surface area contributed by atoms with Crippen LogP contribution in [-0.4, -0.2) is 47.8 Å². The van der Waals surface area contributed by atoms with E-state index in [4.69, 9.17) is 9.15 Å². The van der Waals surface area contributed by atoms with E-state index in [9.17, 15) is 9.59 Å². The Kier molecular flexibility index (Phi) is 5.94. The van der Waals surface area contributed by atoms with E-state index in [-0.39, 0.29) is 11.8 Å². The lowest BCUT2D eigenvalue weighted by Gasteiger charge is -2.33. The van der Waals surface area contributed by atoms with Gasteiger partial charge in [-0.2, -0.15) is 0 Å². The molecule has 6 heteroatoms. The van der Waals surface area contributed by atoms with Gasteiger partial charge < -0.3 is 19.0 Å². The van der Waals surface area contributed by atoms with Gasteiger partial charge in [-0.1, -0.05) is 30.3 Å². The average Bonchev–Trinajstić information content (AvgIpc) is 3.33. The molecule has 0 atom stereocenters. The minimum atomic E-state index is -0.141. The smallest absolute Gasteiger partial charge is 0.289 e. The second kappa shape index (κ2) is 9.13. The highest BCUT2D eigenvalue weighted by atomic mass is 16.5. The molecule has 0 saturated carbocycles. The number of amides is 2. The van der Waals surface area contributed by atoms with Crippen LogP contribution in [0.1, 0.15) is 16.1 Å². The predicted molar refractivity (Wildman–Crippen MR) is 113 cm³/mol. The maximum absolute atomic E-state index is 12.5. The van der Waals surface area contributed by atoms with Gasteiger partial charge in [0.15, 0.2) is 5.76 Å². The van der Waals surface area contributed by atoms with E-state index >= 15 is 0 Å². The third-order valence-corrected chi connectivity index (χ3v) is 4.87. The first-order valence-electron chi connectivity index (χ1n) is 9.82. The molecule has 0 radical (unpaired) electrons. The Hall–Kier alpha value is -3.80. The van der Waals surface area contributed by atoms with Crippen LogP contribution in [0.15, 0.2) is 83.5 Å². The maximum atomic E-state index is 12.5. The van der Waals surface area contributed by atoms with Crippen molar-refractivity contribution in [3.05, 3.63) is 90.4 Å². The zero-order valence-electron chi connectivity index (χ0n) is 16.4. The Bertz CT molecular complexity index is 1020. The molecule has 2 heterocycles. The van der Waals surface area contributed by atoms with E-state index in [1.165, 1.54) is 6.26 Å². The standard InChI is InChI=1S/C24H22N2O4/c27-23(25-13-15-26(16-14-25)24(28)22-10-5-17-29-22)12-11-19-6-4-9-21(18-19)30-20-7-2-1-3-8-20/h1-12,17-18H,13-16H2/b12-11+. The van der Waals surface area contributed by atoms with E-state index in [2.05, 4.69) is 0 Å². The van der Waals surface area contributed by atoms with Gasteiger partial charge in [0.05, 0.1) is 6.26 Å². The summed E-state index contributed by atoms with van der Waals surface area (Å²) in [4.78, 5) is 28.3. The third kappa shape index (κ3) is 4.78. The number of hydrogen-bond donors (Lipinski definition) is 0. The molecule has 0 unspecified atom stereocenters. The molecule has 0 aliphatic carbocycles. The molecule has 1 aliphatic rings. The molecule has 3 aromatic rings. The Morgan fingerprint density at radius 2 is 1.57 bits per heavy atom. The van der Waals surface area contributed by atoms with E-state index in [0.29, 0.717) is 37.7 Å². The zero-order chi connectivity index (χ0) is 20.8. The van der Waals surface area contributed by atoms with Crippen LogP contribution in [0.25, 0.3) is 6.08 Å². The quantitative estimate of drug-likeness (QED) is 0.604. The lowest BCUT2D eigenvalue weighted by atomic mass is 10.2. The van der Waals surface area contributed by atoms with Gasteiger partial charge in [-0.3, -0.25) is 9.59 Å². The molecule has 0 N–H and O–H groups in total. The van der Waals surface area contributed by atoms with E-state index in [1.54, 1.807) is 34.1 Å². The van der Waals surface area contributed by atoms with Gasteiger partial charge >= 0.3 is 0 Å². The van der Waals surface area contributed by atoms with Gasteiger partial charge in [0.25, 0.3) is 5.91 Å². The summed E-state index contributed by atoms with van der Waals surface area (Å²) in [6, 6.07) is 20.5. The lowest BCUT2D eigenvalue weighted by molar-refractivity contribution is -0.127. The van der Waals surface area contributed by atoms with Crippen LogP contribution in [0.5, 0.6) is 11.5 Å². The largest absolute Gasteiger partial charge is 0.459 e. The Morgan fingerprint density at radius 3 is 2.30 bits per heavy atom. The molecule has 0 bridgehead atoms. The first-order chi connectivity index (χ1) is 14.7. The maximum Gasteiger partial charge on any atom is 0.289 e. The van der Waals surface area contributed by atoms with Crippen molar-refractivity contribution in [2.45, 2.75) is 0 Å². The van der Waals surface area contributed by atoms with Crippen molar-refractivity contribution in [2.24, 2.45) is 0 Å². The minimum Gasteiger partial charge on any atom is -0.459 e. The monoisotopic (exact) mass is 402 g/mol. The van der Waals surface area contributed by atoms with Gasteiger partial charge in [-0.25, -0.2) is 0 Å². The van der Waals surface area contributed by atoms with Gasteiger partial charge in [0.2, 0.25) is 5.91 Å². The summed E-state index contributed by atoms with van der Waals surface area (Å²) >= 11 is 0. The van der Waals surface area contributed by atoms with Crippen molar-refractivity contribution in [2.75, 3.05) is 26.2 Å². The molecule has 1 aliphatic heterocycles. The number of para-hydroxylation sites is 1. The van der Waals surface area contributed by atoms with Crippen molar-refractivity contribution in [3.8, 4) is 11.5 Å². The molecule has 152 valence electrons. The number of piperazine rings is 1. The molecular formula is C24H22N2O4. The highest BCUT2D eigenvalue weighted by Gasteiger charge is 2.25. The molecule has 30 heavy (non-hydrogen) atoms. The van der Waals surface area contributed by atoms with Crippen molar-refractivity contribution in [3.63, 3.8) is 0 Å². The first kappa shape index (κ1) is 19.5. The summed E-state index contributed by atoms with van der Waals surface area (Å²) in [5.41, 5.74) is 0.878. The number of nitrogens with zero attached hydrogens (tertiary/aromatic N) is 2. The van der Waals surface area contributed by atoms with E-state index in [1.807, 2.05) is 54.6 Å². The summed E-state index contributed by atoms with van der Waals surface area (Å²) in [6.07, 6.45) is 4.82. The highest BCUT2D eigenvalue weighted by molar-refractivity contribution is 5.93. The molecule has 1 saturated heterocycles. The van der Waals surface area contributed by atoms with Crippen LogP contribution in [0, 0.1) is 0 Å². The van der Waals surface area contributed by atoms with Gasteiger partial charge in [-0.05, 0) is 48.0 Å². The second-order valence-electron chi connectivity index (χ2n) is 6.92. The lowest BCUT2D eigenvalue weighted by Crippen LogP contribution is -2.50. The summed E-state index contributed by atoms with van der Waals surface area (Å²) < 4.78 is 11.0. The van der Waals surface area contributed by atoms with Gasteiger partial charge in [0, 0.05) is 32.3 Å². The summed E-state index contributed by atoms with van der Waals surface area (Å²) in [5.74, 6) is 1.58. The molecule has 4 rings (SSSR count). The third-order valence-electron chi connectivity index (χ3n) is 4.87. The summed E-state index contributed by atoms with van der Waals surface area (Å²) in [7, 11) is 0. The highest BCUT2D eigenvalue weighted by Crippen LogP contribution is 2.22. The fraction of sp³-hybridized carbons (Fsp3) is 0.167. The zero-order valence-corrected chi connectivity index (χ0v) is 16.4. The number of carbonyl (C=O) groups is 2. The van der Waals surface area contributed by atoms with E-state index in [0.717, 1.165) is 11.3 Å². The van der Waals surface area contributed by atoms with Crippen molar-refractivity contribution in [1.82, 2.24) is 9.80 Å². The Balaban J connectivity index is 1.32. The van der Waals surface area contributed by atoms with E-state index < -0.39 is 0 Å². The van der Waals surface area contributed by atoms with Crippen molar-refractivity contribution < 1.29 is 18.7 Å². The molecule has 2 aromatic carbocycles. The number of ether oxygens (including phenoxy) is 1.